The van der Waals surface area contributed by atoms with Crippen molar-refractivity contribution in [3.05, 3.63) is 36.5 Å². The molecule has 0 saturated heterocycles. The number of rotatable bonds is 2. The van der Waals surface area contributed by atoms with Gasteiger partial charge in [-0.05, 0) is 23.8 Å². The minimum absolute atomic E-state index is 0.0595. The first-order chi connectivity index (χ1) is 7.25. The van der Waals surface area contributed by atoms with Crippen LogP contribution in [0.1, 0.15) is 0 Å². The molecule has 0 atom stereocenters. The molecule has 0 spiro atoms. The maximum Gasteiger partial charge on any atom is 0.191 e. The summed E-state index contributed by atoms with van der Waals surface area (Å²) < 4.78 is 0. The van der Waals surface area contributed by atoms with E-state index in [4.69, 9.17) is 11.5 Å². The largest absolute Gasteiger partial charge is 0.370 e. The Labute approximate surface area is 86.8 Å². The summed E-state index contributed by atoms with van der Waals surface area (Å²) in [7, 11) is 0. The predicted molar refractivity (Wildman–Crippen MR) is 59.5 cm³/mol. The molecule has 0 radical (unpaired) electrons. The van der Waals surface area contributed by atoms with Crippen molar-refractivity contribution in [1.29, 1.82) is 0 Å². The van der Waals surface area contributed by atoms with Crippen molar-refractivity contribution in [2.24, 2.45) is 16.5 Å². The summed E-state index contributed by atoms with van der Waals surface area (Å²) in [5, 5.41) is 6.76. The molecule has 15 heavy (non-hydrogen) atoms. The van der Waals surface area contributed by atoms with E-state index in [2.05, 4.69) is 15.2 Å². The van der Waals surface area contributed by atoms with Crippen LogP contribution in [0.25, 0.3) is 11.3 Å². The second-order valence-corrected chi connectivity index (χ2v) is 3.05. The molecule has 0 aliphatic rings. The molecular formula is C10H11N5. The highest BCUT2D eigenvalue weighted by atomic mass is 15.1. The van der Waals surface area contributed by atoms with Crippen LogP contribution in [0.5, 0.6) is 0 Å². The molecule has 76 valence electrons. The van der Waals surface area contributed by atoms with Crippen molar-refractivity contribution < 1.29 is 0 Å². The van der Waals surface area contributed by atoms with Gasteiger partial charge in [-0.2, -0.15) is 5.10 Å². The Bertz CT molecular complexity index is 451. The lowest BCUT2D eigenvalue weighted by molar-refractivity contribution is 1.10. The molecule has 1 aromatic carbocycles. The first kappa shape index (κ1) is 9.26. The van der Waals surface area contributed by atoms with Gasteiger partial charge < -0.3 is 11.5 Å². The third-order valence-corrected chi connectivity index (χ3v) is 1.94. The summed E-state index contributed by atoms with van der Waals surface area (Å²) in [5.74, 6) is 0.0595. The molecule has 5 nitrogen and oxygen atoms in total. The van der Waals surface area contributed by atoms with Gasteiger partial charge in [0.2, 0.25) is 0 Å². The van der Waals surface area contributed by atoms with Gasteiger partial charge >= 0.3 is 0 Å². The van der Waals surface area contributed by atoms with Crippen LogP contribution in [0, 0.1) is 0 Å². The average Bonchev–Trinajstić information content (AvgIpc) is 2.71. The number of nitrogens with one attached hydrogen (secondary N) is 1. The van der Waals surface area contributed by atoms with E-state index in [1.54, 1.807) is 6.20 Å². The minimum atomic E-state index is 0.0595. The fourth-order valence-electron chi connectivity index (χ4n) is 1.28. The highest BCUT2D eigenvalue weighted by molar-refractivity contribution is 5.79. The molecular weight excluding hydrogens is 190 g/mol. The van der Waals surface area contributed by atoms with Crippen molar-refractivity contribution in [3.63, 3.8) is 0 Å². The Kier molecular flexibility index (Phi) is 2.37. The van der Waals surface area contributed by atoms with Crippen molar-refractivity contribution in [3.8, 4) is 11.3 Å². The van der Waals surface area contributed by atoms with Crippen molar-refractivity contribution in [2.45, 2.75) is 0 Å². The van der Waals surface area contributed by atoms with Gasteiger partial charge in [0.25, 0.3) is 0 Å². The van der Waals surface area contributed by atoms with Crippen LogP contribution in [-0.4, -0.2) is 16.2 Å². The summed E-state index contributed by atoms with van der Waals surface area (Å²) in [6.45, 7) is 0. The molecule has 0 saturated carbocycles. The van der Waals surface area contributed by atoms with E-state index in [0.29, 0.717) is 0 Å². The van der Waals surface area contributed by atoms with Gasteiger partial charge in [-0.1, -0.05) is 12.1 Å². The standard InChI is InChI=1S/C10H11N5/c11-10(12)14-8-3-1-7(2-4-8)9-5-6-13-15-9/h1-6H,(H,13,15)(H4,11,12,14). The fourth-order valence-corrected chi connectivity index (χ4v) is 1.28. The summed E-state index contributed by atoms with van der Waals surface area (Å²) in [6.07, 6.45) is 1.71. The lowest BCUT2D eigenvalue weighted by atomic mass is 10.1. The van der Waals surface area contributed by atoms with Crippen LogP contribution in [0.15, 0.2) is 41.5 Å². The molecule has 1 aromatic heterocycles. The first-order valence-electron chi connectivity index (χ1n) is 4.45. The van der Waals surface area contributed by atoms with Gasteiger partial charge in [-0.3, -0.25) is 5.10 Å². The van der Waals surface area contributed by atoms with E-state index < -0.39 is 0 Å². The summed E-state index contributed by atoms with van der Waals surface area (Å²) >= 11 is 0. The van der Waals surface area contributed by atoms with E-state index in [1.807, 2.05) is 30.3 Å². The molecule has 0 fully saturated rings. The van der Waals surface area contributed by atoms with Crippen molar-refractivity contribution in [2.75, 3.05) is 0 Å². The van der Waals surface area contributed by atoms with Crippen LogP contribution in [0.3, 0.4) is 0 Å². The first-order valence-corrected chi connectivity index (χ1v) is 4.45. The number of aromatic amines is 1. The van der Waals surface area contributed by atoms with Gasteiger partial charge in [0, 0.05) is 6.20 Å². The number of H-pyrrole nitrogens is 1. The summed E-state index contributed by atoms with van der Waals surface area (Å²) in [5.41, 5.74) is 13.3. The van der Waals surface area contributed by atoms with E-state index >= 15 is 0 Å². The molecule has 0 amide bonds. The predicted octanol–water partition coefficient (Wildman–Crippen LogP) is 0.982. The average molecular weight is 201 g/mol. The number of nitrogens with two attached hydrogens (primary N) is 2. The SMILES string of the molecule is NC(N)=Nc1ccc(-c2ccn[nH]2)cc1. The molecule has 0 aliphatic carbocycles. The quantitative estimate of drug-likeness (QED) is 0.499. The van der Waals surface area contributed by atoms with E-state index in [1.165, 1.54) is 0 Å². The van der Waals surface area contributed by atoms with Gasteiger partial charge in [-0.15, -0.1) is 0 Å². The van der Waals surface area contributed by atoms with Gasteiger partial charge in [-0.25, -0.2) is 4.99 Å². The van der Waals surface area contributed by atoms with Crippen LogP contribution >= 0.6 is 0 Å². The Morgan fingerprint density at radius 3 is 2.40 bits per heavy atom. The molecule has 1 heterocycles. The lowest BCUT2D eigenvalue weighted by Gasteiger charge is -1.98. The molecule has 5 heteroatoms. The zero-order valence-electron chi connectivity index (χ0n) is 8.01. The van der Waals surface area contributed by atoms with E-state index in [-0.39, 0.29) is 5.96 Å². The van der Waals surface area contributed by atoms with Crippen LogP contribution in [0.4, 0.5) is 5.69 Å². The number of aliphatic imine (C=N–C) groups is 1. The van der Waals surface area contributed by atoms with Crippen LogP contribution < -0.4 is 11.5 Å². The molecule has 0 aliphatic heterocycles. The number of aromatic nitrogens is 2. The molecule has 0 bridgehead atoms. The highest BCUT2D eigenvalue weighted by Crippen LogP contribution is 2.20. The van der Waals surface area contributed by atoms with E-state index in [0.717, 1.165) is 16.9 Å². The molecule has 2 aromatic rings. The fraction of sp³-hybridized carbons (Fsp3) is 0. The number of benzene rings is 1. The number of hydrogen-bond acceptors (Lipinski definition) is 2. The molecule has 5 N–H and O–H groups in total. The normalized spacial score (nSPS) is 9.87. The van der Waals surface area contributed by atoms with Crippen molar-refractivity contribution in [1.82, 2.24) is 10.2 Å². The zero-order valence-corrected chi connectivity index (χ0v) is 8.01. The topological polar surface area (TPSA) is 93.1 Å². The Balaban J connectivity index is 2.29. The lowest BCUT2D eigenvalue weighted by Crippen LogP contribution is -2.21. The monoisotopic (exact) mass is 201 g/mol. The molecule has 2 rings (SSSR count). The van der Waals surface area contributed by atoms with Crippen molar-refractivity contribution >= 4 is 11.6 Å². The Morgan fingerprint density at radius 2 is 1.87 bits per heavy atom. The number of guanidine groups is 1. The maximum absolute atomic E-state index is 5.27. The van der Waals surface area contributed by atoms with E-state index in [9.17, 15) is 0 Å². The second kappa shape index (κ2) is 3.83. The number of nitrogens with zero attached hydrogens (tertiary/aromatic N) is 2. The smallest absolute Gasteiger partial charge is 0.191 e. The zero-order chi connectivity index (χ0) is 10.7. The van der Waals surface area contributed by atoms with Gasteiger partial charge in [0.15, 0.2) is 5.96 Å². The highest BCUT2D eigenvalue weighted by Gasteiger charge is 1.97. The van der Waals surface area contributed by atoms with Gasteiger partial charge in [0.1, 0.15) is 0 Å². The third kappa shape index (κ3) is 2.14. The maximum atomic E-state index is 5.27. The minimum Gasteiger partial charge on any atom is -0.370 e. The number of hydrogen-bond donors (Lipinski definition) is 3. The molecule has 0 unspecified atom stereocenters. The summed E-state index contributed by atoms with van der Waals surface area (Å²) in [6, 6.07) is 9.44. The second-order valence-electron chi connectivity index (χ2n) is 3.05. The third-order valence-electron chi connectivity index (χ3n) is 1.94. The Morgan fingerprint density at radius 1 is 1.13 bits per heavy atom. The summed E-state index contributed by atoms with van der Waals surface area (Å²) in [4.78, 5) is 3.93. The van der Waals surface area contributed by atoms with Gasteiger partial charge in [0.05, 0.1) is 11.4 Å². The van der Waals surface area contributed by atoms with Crippen LogP contribution in [-0.2, 0) is 0 Å². The Hall–Kier alpha value is -2.30. The van der Waals surface area contributed by atoms with Crippen LogP contribution in [0.2, 0.25) is 0 Å².